The van der Waals surface area contributed by atoms with Crippen molar-refractivity contribution in [2.24, 2.45) is 0 Å². The van der Waals surface area contributed by atoms with Gasteiger partial charge < -0.3 is 10.1 Å². The summed E-state index contributed by atoms with van der Waals surface area (Å²) in [5.41, 5.74) is 0.607. The fourth-order valence-corrected chi connectivity index (χ4v) is 2.54. The minimum atomic E-state index is -0.571. The van der Waals surface area contributed by atoms with E-state index in [9.17, 15) is 9.59 Å². The number of carbonyl (C=O) groups is 2. The van der Waals surface area contributed by atoms with Gasteiger partial charge in [0, 0.05) is 31.3 Å². The maximum atomic E-state index is 12.7. The highest BCUT2D eigenvalue weighted by Crippen LogP contribution is 2.22. The van der Waals surface area contributed by atoms with Crippen LogP contribution in [-0.4, -0.2) is 55.5 Å². The Morgan fingerprint density at radius 2 is 1.62 bits per heavy atom. The van der Waals surface area contributed by atoms with Gasteiger partial charge in [0.1, 0.15) is 0 Å². The third-order valence-corrected chi connectivity index (χ3v) is 3.99. The van der Waals surface area contributed by atoms with Crippen LogP contribution in [0.1, 0.15) is 34.6 Å². The lowest BCUT2D eigenvalue weighted by molar-refractivity contribution is -0.00430. The van der Waals surface area contributed by atoms with Crippen LogP contribution in [0.3, 0.4) is 0 Å². The summed E-state index contributed by atoms with van der Waals surface area (Å²) in [6.07, 6.45) is 0. The lowest BCUT2D eigenvalue weighted by Crippen LogP contribution is -2.54. The normalized spacial score (nSPS) is 16.5. The highest BCUT2D eigenvalue weighted by molar-refractivity contribution is 6.03. The van der Waals surface area contributed by atoms with Crippen LogP contribution < -0.4 is 5.32 Å². The van der Waals surface area contributed by atoms with Crippen molar-refractivity contribution in [1.82, 2.24) is 10.2 Å². The van der Waals surface area contributed by atoms with E-state index in [1.54, 1.807) is 31.3 Å². The van der Waals surface area contributed by atoms with Gasteiger partial charge in [-0.1, -0.05) is 12.1 Å². The smallest absolute Gasteiger partial charge is 0.251 e. The number of hydrogen-bond donors (Lipinski definition) is 1. The molecule has 1 heterocycles. The van der Waals surface area contributed by atoms with Crippen LogP contribution in [0.2, 0.25) is 0 Å². The summed E-state index contributed by atoms with van der Waals surface area (Å²) >= 11 is 0. The zero-order valence-electron chi connectivity index (χ0n) is 12.8. The average molecular weight is 290 g/mol. The first-order chi connectivity index (χ1) is 9.96. The summed E-state index contributed by atoms with van der Waals surface area (Å²) in [4.78, 5) is 26.4. The predicted molar refractivity (Wildman–Crippen MR) is 80.6 cm³/mol. The predicted octanol–water partition coefficient (Wildman–Crippen LogP) is 1.34. The molecule has 0 spiro atoms. The molecule has 0 saturated carbocycles. The van der Waals surface area contributed by atoms with Crippen molar-refractivity contribution >= 4 is 11.7 Å². The Balaban J connectivity index is 2.16. The molecule has 1 saturated heterocycles. The topological polar surface area (TPSA) is 58.6 Å². The molecule has 21 heavy (non-hydrogen) atoms. The molecule has 1 aliphatic heterocycles. The van der Waals surface area contributed by atoms with Gasteiger partial charge >= 0.3 is 0 Å². The third-order valence-electron chi connectivity index (χ3n) is 3.99. The molecule has 0 atom stereocenters. The van der Waals surface area contributed by atoms with Gasteiger partial charge in [-0.3, -0.25) is 14.5 Å². The van der Waals surface area contributed by atoms with E-state index in [4.69, 9.17) is 4.74 Å². The Morgan fingerprint density at radius 1 is 1.10 bits per heavy atom. The molecule has 0 bridgehead atoms. The number of rotatable bonds is 4. The van der Waals surface area contributed by atoms with Crippen LogP contribution in [0, 0.1) is 0 Å². The fourth-order valence-electron chi connectivity index (χ4n) is 2.54. The second kappa shape index (κ2) is 6.37. The van der Waals surface area contributed by atoms with Crippen molar-refractivity contribution < 1.29 is 14.3 Å². The second-order valence-electron chi connectivity index (χ2n) is 5.64. The quantitative estimate of drug-likeness (QED) is 0.850. The van der Waals surface area contributed by atoms with Crippen LogP contribution in [-0.2, 0) is 4.74 Å². The largest absolute Gasteiger partial charge is 0.379 e. The number of morpholine rings is 1. The van der Waals surface area contributed by atoms with E-state index in [0.29, 0.717) is 24.3 Å². The Kier molecular flexibility index (Phi) is 4.75. The van der Waals surface area contributed by atoms with Crippen molar-refractivity contribution in [3.63, 3.8) is 0 Å². The first-order valence-electron chi connectivity index (χ1n) is 7.16. The van der Waals surface area contributed by atoms with E-state index in [0.717, 1.165) is 13.1 Å². The zero-order chi connectivity index (χ0) is 15.5. The molecule has 1 amide bonds. The minimum absolute atomic E-state index is 0.0628. The number of Topliss-reactive ketones (excluding diaryl/α,β-unsaturated/α-hetero) is 1. The molecule has 5 nitrogen and oxygen atoms in total. The summed E-state index contributed by atoms with van der Waals surface area (Å²) in [5, 5.41) is 2.57. The molecule has 1 aromatic rings. The van der Waals surface area contributed by atoms with E-state index < -0.39 is 5.54 Å². The van der Waals surface area contributed by atoms with Crippen LogP contribution in [0.15, 0.2) is 24.3 Å². The number of hydrogen-bond acceptors (Lipinski definition) is 4. The number of nitrogens with one attached hydrogen (secondary N) is 1. The number of carbonyl (C=O) groups excluding carboxylic acids is 2. The summed E-state index contributed by atoms with van der Waals surface area (Å²) in [6, 6.07) is 6.80. The molecule has 0 aromatic heterocycles. The van der Waals surface area contributed by atoms with Crippen LogP contribution in [0.4, 0.5) is 0 Å². The number of ketones is 1. The van der Waals surface area contributed by atoms with Crippen LogP contribution in [0.25, 0.3) is 0 Å². The molecule has 0 unspecified atom stereocenters. The maximum Gasteiger partial charge on any atom is 0.251 e. The highest BCUT2D eigenvalue weighted by Gasteiger charge is 2.35. The van der Waals surface area contributed by atoms with Crippen LogP contribution in [0.5, 0.6) is 0 Å². The van der Waals surface area contributed by atoms with Crippen LogP contribution >= 0.6 is 0 Å². The molecular weight excluding hydrogens is 268 g/mol. The molecular formula is C16H22N2O3. The molecule has 1 fully saturated rings. The van der Waals surface area contributed by atoms with Crippen molar-refractivity contribution in [2.75, 3.05) is 33.4 Å². The lowest BCUT2D eigenvalue weighted by Gasteiger charge is -2.39. The van der Waals surface area contributed by atoms with E-state index in [-0.39, 0.29) is 11.7 Å². The lowest BCUT2D eigenvalue weighted by atomic mass is 9.90. The Bertz CT molecular complexity index is 517. The fraction of sp³-hybridized carbons (Fsp3) is 0.500. The third kappa shape index (κ3) is 3.31. The van der Waals surface area contributed by atoms with Crippen molar-refractivity contribution in [2.45, 2.75) is 19.4 Å². The summed E-state index contributed by atoms with van der Waals surface area (Å²) in [6.45, 7) is 6.71. The molecule has 2 rings (SSSR count). The van der Waals surface area contributed by atoms with Gasteiger partial charge in [0.2, 0.25) is 0 Å². The molecule has 5 heteroatoms. The average Bonchev–Trinajstić information content (AvgIpc) is 2.54. The van der Waals surface area contributed by atoms with Gasteiger partial charge in [0.15, 0.2) is 5.78 Å². The molecule has 1 N–H and O–H groups in total. The van der Waals surface area contributed by atoms with E-state index >= 15 is 0 Å². The van der Waals surface area contributed by atoms with Crippen molar-refractivity contribution in [3.05, 3.63) is 35.4 Å². The molecule has 0 aliphatic carbocycles. The summed E-state index contributed by atoms with van der Waals surface area (Å²) in [5.74, 6) is -0.0886. The number of ether oxygens (including phenoxy) is 1. The summed E-state index contributed by atoms with van der Waals surface area (Å²) in [7, 11) is 1.59. The molecule has 1 aromatic carbocycles. The van der Waals surface area contributed by atoms with Gasteiger partial charge in [0.05, 0.1) is 18.8 Å². The Labute approximate surface area is 125 Å². The van der Waals surface area contributed by atoms with E-state index in [1.807, 2.05) is 13.8 Å². The zero-order valence-corrected chi connectivity index (χ0v) is 12.8. The van der Waals surface area contributed by atoms with Gasteiger partial charge in [-0.05, 0) is 26.0 Å². The Morgan fingerprint density at radius 3 is 2.14 bits per heavy atom. The highest BCUT2D eigenvalue weighted by atomic mass is 16.5. The van der Waals surface area contributed by atoms with Gasteiger partial charge in [-0.25, -0.2) is 0 Å². The SMILES string of the molecule is CNC(=O)c1ccc(C(=O)C(C)(C)N2CCOCC2)cc1. The molecule has 0 radical (unpaired) electrons. The summed E-state index contributed by atoms with van der Waals surface area (Å²) < 4.78 is 5.34. The second-order valence-corrected chi connectivity index (χ2v) is 5.64. The number of amides is 1. The van der Waals surface area contributed by atoms with E-state index in [2.05, 4.69) is 10.2 Å². The monoisotopic (exact) mass is 290 g/mol. The first kappa shape index (κ1) is 15.7. The molecule has 114 valence electrons. The van der Waals surface area contributed by atoms with Gasteiger partial charge in [0.25, 0.3) is 5.91 Å². The number of benzene rings is 1. The number of nitrogens with zero attached hydrogens (tertiary/aromatic N) is 1. The standard InChI is InChI=1S/C16H22N2O3/c1-16(2,18-8-10-21-11-9-18)14(19)12-4-6-13(7-5-12)15(20)17-3/h4-7H,8-11H2,1-3H3,(H,17,20). The minimum Gasteiger partial charge on any atom is -0.379 e. The maximum absolute atomic E-state index is 12.7. The molecule has 1 aliphatic rings. The first-order valence-corrected chi connectivity index (χ1v) is 7.16. The van der Waals surface area contributed by atoms with Gasteiger partial charge in [-0.2, -0.15) is 0 Å². The van der Waals surface area contributed by atoms with Crippen molar-refractivity contribution in [3.8, 4) is 0 Å². The van der Waals surface area contributed by atoms with E-state index in [1.165, 1.54) is 0 Å². The Hall–Kier alpha value is -1.72. The van der Waals surface area contributed by atoms with Crippen molar-refractivity contribution in [1.29, 1.82) is 0 Å². The van der Waals surface area contributed by atoms with Gasteiger partial charge in [-0.15, -0.1) is 0 Å².